The predicted molar refractivity (Wildman–Crippen MR) is 56.8 cm³/mol. The molecule has 2 nitrogen and oxygen atoms in total. The Morgan fingerprint density at radius 3 is 2.43 bits per heavy atom. The lowest BCUT2D eigenvalue weighted by Gasteiger charge is -2.29. The molecule has 0 radical (unpaired) electrons. The van der Waals surface area contributed by atoms with Crippen molar-refractivity contribution in [3.63, 3.8) is 0 Å². The fourth-order valence-electron chi connectivity index (χ4n) is 1.28. The monoisotopic (exact) mass is 192 g/mol. The van der Waals surface area contributed by atoms with Crippen LogP contribution in [0.2, 0.25) is 0 Å². The molecule has 0 bridgehead atoms. The molecule has 2 heteroatoms. The van der Waals surface area contributed by atoms with Crippen LogP contribution in [0.15, 0.2) is 43.0 Å². The molecule has 2 unspecified atom stereocenters. The second kappa shape index (κ2) is 4.40. The number of rotatable bonds is 4. The maximum Gasteiger partial charge on any atom is 0.0899 e. The summed E-state index contributed by atoms with van der Waals surface area (Å²) in [6.07, 6.45) is 0.871. The summed E-state index contributed by atoms with van der Waals surface area (Å²) < 4.78 is 0. The average Bonchev–Trinajstić information content (AvgIpc) is 2.28. The van der Waals surface area contributed by atoms with Gasteiger partial charge in [-0.25, -0.2) is 0 Å². The van der Waals surface area contributed by atoms with Crippen molar-refractivity contribution >= 4 is 0 Å². The molecular weight excluding hydrogens is 176 g/mol. The van der Waals surface area contributed by atoms with E-state index in [9.17, 15) is 10.2 Å². The zero-order valence-corrected chi connectivity index (χ0v) is 8.35. The van der Waals surface area contributed by atoms with Gasteiger partial charge in [-0.05, 0) is 5.56 Å². The molecule has 0 fully saturated rings. The van der Waals surface area contributed by atoms with E-state index in [2.05, 4.69) is 6.58 Å². The van der Waals surface area contributed by atoms with Crippen LogP contribution in [0.25, 0.3) is 0 Å². The van der Waals surface area contributed by atoms with Crippen LogP contribution in [0.3, 0.4) is 0 Å². The maximum atomic E-state index is 10.0. The van der Waals surface area contributed by atoms with E-state index >= 15 is 0 Å². The number of hydrogen-bond acceptors (Lipinski definition) is 2. The lowest BCUT2D eigenvalue weighted by molar-refractivity contribution is 0.0270. The van der Waals surface area contributed by atoms with Gasteiger partial charge in [-0.1, -0.05) is 43.3 Å². The first kappa shape index (κ1) is 11.0. The highest BCUT2D eigenvalue weighted by molar-refractivity contribution is 5.21. The summed E-state index contributed by atoms with van der Waals surface area (Å²) in [5.41, 5.74) is 0.116. The third-order valence-electron chi connectivity index (χ3n) is 2.55. The summed E-state index contributed by atoms with van der Waals surface area (Å²) >= 11 is 0. The van der Waals surface area contributed by atoms with Gasteiger partial charge in [0.25, 0.3) is 0 Å². The van der Waals surface area contributed by atoms with Crippen LogP contribution >= 0.6 is 0 Å². The molecule has 1 aromatic carbocycles. The molecule has 1 aromatic rings. The predicted octanol–water partition coefficient (Wildman–Crippen LogP) is 1.90. The van der Waals surface area contributed by atoms with Gasteiger partial charge in [0.2, 0.25) is 0 Å². The Balaban J connectivity index is 2.94. The Morgan fingerprint density at radius 2 is 2.00 bits per heavy atom. The van der Waals surface area contributed by atoms with Crippen molar-refractivity contribution < 1.29 is 10.2 Å². The standard InChI is InChI=1S/C12H16O2/c1-3-12(2,9-13)11(14)10-7-5-4-6-8-10/h3-8,11,13-14H,1,9H2,2H3. The van der Waals surface area contributed by atoms with Gasteiger partial charge in [0.15, 0.2) is 0 Å². The third kappa shape index (κ3) is 2.03. The lowest BCUT2D eigenvalue weighted by atomic mass is 9.82. The minimum Gasteiger partial charge on any atom is -0.395 e. The lowest BCUT2D eigenvalue weighted by Crippen LogP contribution is -2.27. The summed E-state index contributed by atoms with van der Waals surface area (Å²) in [5, 5.41) is 19.2. The molecule has 1 rings (SSSR count). The van der Waals surface area contributed by atoms with E-state index in [-0.39, 0.29) is 6.61 Å². The first-order valence-corrected chi connectivity index (χ1v) is 4.61. The van der Waals surface area contributed by atoms with Crippen LogP contribution in [0.1, 0.15) is 18.6 Å². The molecule has 2 atom stereocenters. The maximum absolute atomic E-state index is 10.0. The molecule has 0 aliphatic carbocycles. The van der Waals surface area contributed by atoms with Gasteiger partial charge in [-0.3, -0.25) is 0 Å². The fourth-order valence-corrected chi connectivity index (χ4v) is 1.28. The van der Waals surface area contributed by atoms with E-state index < -0.39 is 11.5 Å². The Hall–Kier alpha value is -1.12. The van der Waals surface area contributed by atoms with Crippen LogP contribution in [0.4, 0.5) is 0 Å². The van der Waals surface area contributed by atoms with E-state index in [0.717, 1.165) is 5.56 Å². The van der Waals surface area contributed by atoms with E-state index in [1.807, 2.05) is 30.3 Å². The largest absolute Gasteiger partial charge is 0.395 e. The second-order valence-corrected chi connectivity index (χ2v) is 3.68. The SMILES string of the molecule is C=CC(C)(CO)C(O)c1ccccc1. The topological polar surface area (TPSA) is 40.5 Å². The highest BCUT2D eigenvalue weighted by Gasteiger charge is 2.30. The third-order valence-corrected chi connectivity index (χ3v) is 2.55. The quantitative estimate of drug-likeness (QED) is 0.715. The molecule has 0 saturated heterocycles. The zero-order valence-electron chi connectivity index (χ0n) is 8.35. The van der Waals surface area contributed by atoms with Crippen LogP contribution in [0.5, 0.6) is 0 Å². The van der Waals surface area contributed by atoms with Crippen molar-refractivity contribution in [1.82, 2.24) is 0 Å². The van der Waals surface area contributed by atoms with Crippen molar-refractivity contribution in [3.05, 3.63) is 48.6 Å². The average molecular weight is 192 g/mol. The molecule has 0 heterocycles. The number of benzene rings is 1. The van der Waals surface area contributed by atoms with Crippen molar-refractivity contribution in [2.45, 2.75) is 13.0 Å². The summed E-state index contributed by atoms with van der Waals surface area (Å²) in [6, 6.07) is 9.28. The number of aliphatic hydroxyl groups excluding tert-OH is 2. The molecule has 0 aromatic heterocycles. The van der Waals surface area contributed by atoms with Gasteiger partial charge in [-0.15, -0.1) is 6.58 Å². The van der Waals surface area contributed by atoms with Gasteiger partial charge in [0, 0.05) is 5.41 Å². The molecule has 0 aliphatic rings. The van der Waals surface area contributed by atoms with Gasteiger partial charge < -0.3 is 10.2 Å². The van der Waals surface area contributed by atoms with Crippen LogP contribution in [0, 0.1) is 5.41 Å². The molecule has 0 saturated carbocycles. The van der Waals surface area contributed by atoms with E-state index in [1.165, 1.54) is 0 Å². The first-order valence-electron chi connectivity index (χ1n) is 4.61. The summed E-state index contributed by atoms with van der Waals surface area (Å²) in [5.74, 6) is 0. The van der Waals surface area contributed by atoms with Crippen LogP contribution in [-0.4, -0.2) is 16.8 Å². The molecule has 76 valence electrons. The molecule has 0 spiro atoms. The van der Waals surface area contributed by atoms with Crippen molar-refractivity contribution in [2.24, 2.45) is 5.41 Å². The van der Waals surface area contributed by atoms with Gasteiger partial charge in [0.05, 0.1) is 12.7 Å². The summed E-state index contributed by atoms with van der Waals surface area (Å²) in [7, 11) is 0. The van der Waals surface area contributed by atoms with Crippen molar-refractivity contribution in [1.29, 1.82) is 0 Å². The van der Waals surface area contributed by atoms with E-state index in [0.29, 0.717) is 0 Å². The van der Waals surface area contributed by atoms with Crippen LogP contribution < -0.4 is 0 Å². The van der Waals surface area contributed by atoms with Crippen molar-refractivity contribution in [2.75, 3.05) is 6.61 Å². The molecular formula is C12H16O2. The van der Waals surface area contributed by atoms with Gasteiger partial charge in [-0.2, -0.15) is 0 Å². The molecule has 0 aliphatic heterocycles. The highest BCUT2D eigenvalue weighted by Crippen LogP contribution is 2.33. The Bertz CT molecular complexity index is 294. The summed E-state index contributed by atoms with van der Waals surface area (Å²) in [6.45, 7) is 5.29. The molecule has 2 N–H and O–H groups in total. The smallest absolute Gasteiger partial charge is 0.0899 e. The zero-order chi connectivity index (χ0) is 10.6. The number of aliphatic hydroxyl groups is 2. The second-order valence-electron chi connectivity index (χ2n) is 3.68. The van der Waals surface area contributed by atoms with Crippen molar-refractivity contribution in [3.8, 4) is 0 Å². The fraction of sp³-hybridized carbons (Fsp3) is 0.333. The van der Waals surface area contributed by atoms with Gasteiger partial charge >= 0.3 is 0 Å². The Labute approximate surface area is 84.5 Å². The number of hydrogen-bond donors (Lipinski definition) is 2. The molecule has 0 amide bonds. The van der Waals surface area contributed by atoms with Crippen LogP contribution in [-0.2, 0) is 0 Å². The minimum atomic E-state index is -0.716. The molecule has 14 heavy (non-hydrogen) atoms. The highest BCUT2D eigenvalue weighted by atomic mass is 16.3. The van der Waals surface area contributed by atoms with E-state index in [4.69, 9.17) is 0 Å². The Morgan fingerprint density at radius 1 is 1.43 bits per heavy atom. The summed E-state index contributed by atoms with van der Waals surface area (Å²) in [4.78, 5) is 0. The van der Waals surface area contributed by atoms with E-state index in [1.54, 1.807) is 13.0 Å². The first-order chi connectivity index (χ1) is 6.64. The van der Waals surface area contributed by atoms with Gasteiger partial charge in [0.1, 0.15) is 0 Å². The normalized spacial score (nSPS) is 17.1. The Kier molecular flexibility index (Phi) is 3.44. The minimum absolute atomic E-state index is 0.118.